The summed E-state index contributed by atoms with van der Waals surface area (Å²) in [7, 11) is 0. The number of aromatic nitrogens is 1. The molecule has 0 aromatic carbocycles. The predicted octanol–water partition coefficient (Wildman–Crippen LogP) is 2.50. The largest absolute Gasteiger partial charge is 0.503 e. The van der Waals surface area contributed by atoms with E-state index in [1.54, 1.807) is 0 Å². The van der Waals surface area contributed by atoms with Crippen LogP contribution in [0.25, 0.3) is 0 Å². The zero-order chi connectivity index (χ0) is 14.7. The maximum Gasteiger partial charge on any atom is 0.223 e. The van der Waals surface area contributed by atoms with E-state index in [-0.39, 0.29) is 11.2 Å². The number of hydrogen-bond acceptors (Lipinski definition) is 3. The minimum absolute atomic E-state index is 0.0678. The van der Waals surface area contributed by atoms with Crippen LogP contribution in [-0.2, 0) is 13.1 Å². The maximum absolute atomic E-state index is 11.9. The van der Waals surface area contributed by atoms with Crippen molar-refractivity contribution in [3.8, 4) is 5.75 Å². The fourth-order valence-corrected chi connectivity index (χ4v) is 2.93. The maximum atomic E-state index is 11.9. The summed E-state index contributed by atoms with van der Waals surface area (Å²) in [6.45, 7) is 9.88. The van der Waals surface area contributed by atoms with E-state index in [1.165, 1.54) is 25.3 Å². The van der Waals surface area contributed by atoms with Crippen molar-refractivity contribution < 1.29 is 5.11 Å². The average Bonchev–Trinajstić information content (AvgIpc) is 2.41. The van der Waals surface area contributed by atoms with E-state index in [2.05, 4.69) is 23.3 Å². The van der Waals surface area contributed by atoms with Gasteiger partial charge in [0.25, 0.3) is 0 Å². The third kappa shape index (κ3) is 3.42. The number of pyridine rings is 1. The van der Waals surface area contributed by atoms with E-state index < -0.39 is 0 Å². The number of nitrogens with zero attached hydrogens (tertiary/aromatic N) is 2. The lowest BCUT2D eigenvalue weighted by Gasteiger charge is -2.29. The molecule has 0 saturated carbocycles. The van der Waals surface area contributed by atoms with E-state index >= 15 is 0 Å². The number of hydrogen-bond donors (Lipinski definition) is 1. The lowest BCUT2D eigenvalue weighted by molar-refractivity contribution is 0.210. The lowest BCUT2D eigenvalue weighted by atomic mass is 10.1. The van der Waals surface area contributed by atoms with Crippen molar-refractivity contribution >= 4 is 0 Å². The van der Waals surface area contributed by atoms with Gasteiger partial charge in [0, 0.05) is 24.8 Å². The van der Waals surface area contributed by atoms with Gasteiger partial charge in [0.05, 0.1) is 5.69 Å². The number of aryl methyl sites for hydroxylation is 1. The molecule has 1 fully saturated rings. The van der Waals surface area contributed by atoms with Gasteiger partial charge >= 0.3 is 0 Å². The summed E-state index contributed by atoms with van der Waals surface area (Å²) in [4.78, 5) is 14.2. The Hall–Kier alpha value is -1.29. The second-order valence-corrected chi connectivity index (χ2v) is 6.29. The molecule has 1 aromatic rings. The van der Waals surface area contributed by atoms with Gasteiger partial charge in [0.2, 0.25) is 5.43 Å². The summed E-state index contributed by atoms with van der Waals surface area (Å²) in [5.74, 6) is 0.414. The van der Waals surface area contributed by atoms with Crippen molar-refractivity contribution in [2.45, 2.75) is 53.1 Å². The summed E-state index contributed by atoms with van der Waals surface area (Å²) in [6.07, 6.45) is 3.71. The van der Waals surface area contributed by atoms with Gasteiger partial charge in [-0.3, -0.25) is 9.69 Å². The summed E-state index contributed by atoms with van der Waals surface area (Å²) < 4.78 is 2.11. The summed E-state index contributed by atoms with van der Waals surface area (Å²) in [5.41, 5.74) is 1.47. The van der Waals surface area contributed by atoms with Gasteiger partial charge in [0.1, 0.15) is 0 Å². The molecular formula is C16H26N2O2. The highest BCUT2D eigenvalue weighted by atomic mass is 16.3. The van der Waals surface area contributed by atoms with Crippen LogP contribution in [0.2, 0.25) is 0 Å². The molecule has 4 nitrogen and oxygen atoms in total. The molecule has 1 aliphatic heterocycles. The first kappa shape index (κ1) is 15.1. The second kappa shape index (κ2) is 6.44. The lowest BCUT2D eigenvalue weighted by Crippen LogP contribution is -2.32. The molecular weight excluding hydrogens is 252 g/mol. The van der Waals surface area contributed by atoms with Gasteiger partial charge in [-0.15, -0.1) is 0 Å². The van der Waals surface area contributed by atoms with Crippen LogP contribution in [0.5, 0.6) is 5.75 Å². The highest BCUT2D eigenvalue weighted by molar-refractivity contribution is 5.29. The van der Waals surface area contributed by atoms with Gasteiger partial charge < -0.3 is 9.67 Å². The van der Waals surface area contributed by atoms with Gasteiger partial charge in [-0.1, -0.05) is 20.3 Å². The quantitative estimate of drug-likeness (QED) is 0.920. The molecule has 2 heterocycles. The van der Waals surface area contributed by atoms with Crippen LogP contribution in [0.4, 0.5) is 0 Å². The van der Waals surface area contributed by atoms with Gasteiger partial charge in [0.15, 0.2) is 5.75 Å². The molecule has 1 saturated heterocycles. The normalized spacial score (nSPS) is 16.8. The highest BCUT2D eigenvalue weighted by Gasteiger charge is 2.18. The number of piperidine rings is 1. The molecule has 1 N–H and O–H groups in total. The third-order valence-electron chi connectivity index (χ3n) is 3.97. The molecule has 0 radical (unpaired) electrons. The van der Waals surface area contributed by atoms with Crippen LogP contribution in [0.3, 0.4) is 0 Å². The summed E-state index contributed by atoms with van der Waals surface area (Å²) in [5, 5.41) is 10.2. The van der Waals surface area contributed by atoms with E-state index in [0.717, 1.165) is 31.0 Å². The minimum atomic E-state index is -0.255. The van der Waals surface area contributed by atoms with Crippen molar-refractivity contribution in [3.05, 3.63) is 27.7 Å². The molecule has 0 spiro atoms. The van der Waals surface area contributed by atoms with Crippen LogP contribution < -0.4 is 5.43 Å². The number of likely N-dealkylation sites (tertiary alicyclic amines) is 1. The van der Waals surface area contributed by atoms with Crippen molar-refractivity contribution in [3.63, 3.8) is 0 Å². The molecule has 1 aromatic heterocycles. The Balaban J connectivity index is 2.34. The second-order valence-electron chi connectivity index (χ2n) is 6.29. The van der Waals surface area contributed by atoms with E-state index in [1.807, 2.05) is 6.92 Å². The Kier molecular flexibility index (Phi) is 4.86. The van der Waals surface area contributed by atoms with E-state index in [0.29, 0.717) is 12.5 Å². The molecule has 0 unspecified atom stereocenters. The number of rotatable bonds is 4. The van der Waals surface area contributed by atoms with E-state index in [4.69, 9.17) is 0 Å². The first-order chi connectivity index (χ1) is 9.49. The zero-order valence-electron chi connectivity index (χ0n) is 12.9. The SMILES string of the molecule is Cc1cc(=O)c(O)c(CN2CCCCC2)n1CC(C)C. The first-order valence-electron chi connectivity index (χ1n) is 7.63. The monoisotopic (exact) mass is 278 g/mol. The van der Waals surface area contributed by atoms with E-state index in [9.17, 15) is 9.90 Å². The molecule has 0 bridgehead atoms. The van der Waals surface area contributed by atoms with Gasteiger partial charge in [-0.05, 0) is 38.8 Å². The highest BCUT2D eigenvalue weighted by Crippen LogP contribution is 2.20. The standard InChI is InChI=1S/C16H26N2O2/c1-12(2)10-18-13(3)9-15(19)16(20)14(18)11-17-7-5-4-6-8-17/h9,12,20H,4-8,10-11H2,1-3H3. The van der Waals surface area contributed by atoms with Crippen molar-refractivity contribution in [2.24, 2.45) is 5.92 Å². The molecule has 20 heavy (non-hydrogen) atoms. The molecule has 1 aliphatic rings. The fourth-order valence-electron chi connectivity index (χ4n) is 2.93. The minimum Gasteiger partial charge on any atom is -0.503 e. The summed E-state index contributed by atoms with van der Waals surface area (Å²) in [6, 6.07) is 1.54. The van der Waals surface area contributed by atoms with Crippen LogP contribution in [-0.4, -0.2) is 27.7 Å². The van der Waals surface area contributed by atoms with Crippen LogP contribution in [0.1, 0.15) is 44.5 Å². The predicted molar refractivity (Wildman–Crippen MR) is 81.1 cm³/mol. The van der Waals surface area contributed by atoms with Crippen LogP contribution >= 0.6 is 0 Å². The van der Waals surface area contributed by atoms with Gasteiger partial charge in [-0.25, -0.2) is 0 Å². The molecule has 0 aliphatic carbocycles. The Bertz CT molecular complexity index is 514. The fraction of sp³-hybridized carbons (Fsp3) is 0.688. The molecule has 0 atom stereocenters. The first-order valence-corrected chi connectivity index (χ1v) is 7.63. The molecule has 4 heteroatoms. The van der Waals surface area contributed by atoms with Crippen molar-refractivity contribution in [1.29, 1.82) is 0 Å². The van der Waals surface area contributed by atoms with Crippen LogP contribution in [0.15, 0.2) is 10.9 Å². The summed E-state index contributed by atoms with van der Waals surface area (Å²) >= 11 is 0. The Morgan fingerprint density at radius 2 is 1.90 bits per heavy atom. The molecule has 0 amide bonds. The van der Waals surface area contributed by atoms with Crippen molar-refractivity contribution in [2.75, 3.05) is 13.1 Å². The average molecular weight is 278 g/mol. The van der Waals surface area contributed by atoms with Crippen molar-refractivity contribution in [1.82, 2.24) is 9.47 Å². The Morgan fingerprint density at radius 1 is 1.25 bits per heavy atom. The molecule has 112 valence electrons. The zero-order valence-corrected chi connectivity index (χ0v) is 12.9. The smallest absolute Gasteiger partial charge is 0.223 e. The third-order valence-corrected chi connectivity index (χ3v) is 3.97. The Morgan fingerprint density at radius 3 is 2.50 bits per heavy atom. The molecule has 2 rings (SSSR count). The number of aromatic hydroxyl groups is 1. The van der Waals surface area contributed by atoms with Gasteiger partial charge in [-0.2, -0.15) is 0 Å². The Labute approximate surface area is 121 Å². The topological polar surface area (TPSA) is 45.5 Å². The van der Waals surface area contributed by atoms with Crippen LogP contribution in [0, 0.1) is 12.8 Å².